The quantitative estimate of drug-likeness (QED) is 0.563. The molecule has 1 N–H and O–H groups in total. The minimum absolute atomic E-state index is 0.212. The fourth-order valence-electron chi connectivity index (χ4n) is 1.28. The monoisotopic (exact) mass is 160 g/mol. The first-order valence-corrected chi connectivity index (χ1v) is 3.82. The molecule has 3 nitrogen and oxygen atoms in total. The van der Waals surface area contributed by atoms with Crippen molar-refractivity contribution in [1.82, 2.24) is 0 Å². The number of carbonyl (C=O) groups excluding carboxylic acids is 1. The second kappa shape index (κ2) is 3.72. The smallest absolute Gasteiger partial charge is 0.303 e. The van der Waals surface area contributed by atoms with Gasteiger partial charge in [-0.15, -0.1) is 0 Å². The Morgan fingerprint density at radius 1 is 1.45 bits per heavy atom. The zero-order chi connectivity index (χ0) is 9.07. The van der Waals surface area contributed by atoms with E-state index in [4.69, 9.17) is 4.74 Å². The van der Waals surface area contributed by atoms with Crippen LogP contribution in [0.3, 0.4) is 0 Å². The van der Waals surface area contributed by atoms with E-state index in [9.17, 15) is 4.79 Å². The van der Waals surface area contributed by atoms with Crippen LogP contribution in [0.2, 0.25) is 0 Å². The van der Waals surface area contributed by atoms with Crippen molar-refractivity contribution in [2.24, 2.45) is 0 Å². The number of rotatable bonds is 3. The highest BCUT2D eigenvalue weighted by Crippen LogP contribution is 2.05. The zero-order valence-electron chi connectivity index (χ0n) is 8.02. The summed E-state index contributed by atoms with van der Waals surface area (Å²) in [5.41, 5.74) is -0.343. The molecule has 0 aromatic heterocycles. The molecule has 0 saturated carbocycles. The highest BCUT2D eigenvalue weighted by molar-refractivity contribution is 5.66. The van der Waals surface area contributed by atoms with Crippen molar-refractivity contribution in [2.75, 3.05) is 20.6 Å². The summed E-state index contributed by atoms with van der Waals surface area (Å²) < 4.78 is 5.09. The molecule has 66 valence electrons. The van der Waals surface area contributed by atoms with Gasteiger partial charge in [-0.25, -0.2) is 0 Å². The molecule has 0 aromatic rings. The van der Waals surface area contributed by atoms with Crippen molar-refractivity contribution < 1.29 is 14.4 Å². The van der Waals surface area contributed by atoms with E-state index in [0.29, 0.717) is 0 Å². The summed E-state index contributed by atoms with van der Waals surface area (Å²) in [5, 5.41) is 0. The number of ether oxygens (including phenoxy) is 1. The summed E-state index contributed by atoms with van der Waals surface area (Å²) in [6.45, 7) is 6.10. The average molecular weight is 160 g/mol. The standard InChI is InChI=1S/C8H17NO2/c1-7(10)11-8(2,3)6-9(4)5/h6H2,1-5H3/p+1. The van der Waals surface area contributed by atoms with Gasteiger partial charge in [0.15, 0.2) is 5.60 Å². The van der Waals surface area contributed by atoms with E-state index >= 15 is 0 Å². The van der Waals surface area contributed by atoms with Gasteiger partial charge in [-0.3, -0.25) is 4.79 Å². The SMILES string of the molecule is CC(=O)OC(C)(C)C[NH+](C)C. The molecular weight excluding hydrogens is 142 g/mol. The van der Waals surface area contributed by atoms with Crippen molar-refractivity contribution in [3.8, 4) is 0 Å². The van der Waals surface area contributed by atoms with Crippen molar-refractivity contribution in [3.05, 3.63) is 0 Å². The van der Waals surface area contributed by atoms with Gasteiger partial charge in [-0.2, -0.15) is 0 Å². The largest absolute Gasteiger partial charge is 0.454 e. The lowest BCUT2D eigenvalue weighted by Crippen LogP contribution is -3.07. The topological polar surface area (TPSA) is 30.7 Å². The number of esters is 1. The van der Waals surface area contributed by atoms with Crippen molar-refractivity contribution in [1.29, 1.82) is 0 Å². The second-order valence-electron chi connectivity index (χ2n) is 3.74. The molecule has 0 amide bonds. The molecule has 11 heavy (non-hydrogen) atoms. The van der Waals surface area contributed by atoms with Crippen LogP contribution in [-0.4, -0.2) is 32.2 Å². The van der Waals surface area contributed by atoms with E-state index in [1.165, 1.54) is 11.8 Å². The molecule has 0 aliphatic rings. The summed E-state index contributed by atoms with van der Waals surface area (Å²) in [6, 6.07) is 0. The van der Waals surface area contributed by atoms with Crippen LogP contribution in [0.15, 0.2) is 0 Å². The van der Waals surface area contributed by atoms with E-state index in [2.05, 4.69) is 0 Å². The van der Waals surface area contributed by atoms with Crippen molar-refractivity contribution >= 4 is 5.97 Å². The van der Waals surface area contributed by atoms with Crippen LogP contribution in [0.1, 0.15) is 20.8 Å². The molecule has 3 heteroatoms. The molecule has 0 aliphatic carbocycles. The summed E-state index contributed by atoms with van der Waals surface area (Å²) in [4.78, 5) is 11.9. The maximum Gasteiger partial charge on any atom is 0.303 e. The third-order valence-electron chi connectivity index (χ3n) is 1.20. The van der Waals surface area contributed by atoms with Crippen molar-refractivity contribution in [3.63, 3.8) is 0 Å². The van der Waals surface area contributed by atoms with Crippen LogP contribution in [0.25, 0.3) is 0 Å². The lowest BCUT2D eigenvalue weighted by Gasteiger charge is -2.25. The summed E-state index contributed by atoms with van der Waals surface area (Å²) in [6.07, 6.45) is 0. The Hall–Kier alpha value is -0.570. The number of hydrogen-bond acceptors (Lipinski definition) is 2. The van der Waals surface area contributed by atoms with Gasteiger partial charge in [0.25, 0.3) is 0 Å². The van der Waals surface area contributed by atoms with Gasteiger partial charge in [0.1, 0.15) is 6.54 Å². The molecule has 0 aromatic carbocycles. The normalized spacial score (nSPS) is 11.8. The molecule has 0 saturated heterocycles. The fourth-order valence-corrected chi connectivity index (χ4v) is 1.28. The Balaban J connectivity index is 3.89. The van der Waals surface area contributed by atoms with E-state index in [1.807, 2.05) is 27.9 Å². The number of carbonyl (C=O) groups is 1. The average Bonchev–Trinajstić information content (AvgIpc) is 1.53. The molecule has 0 rings (SSSR count). The van der Waals surface area contributed by atoms with E-state index in [1.54, 1.807) is 0 Å². The van der Waals surface area contributed by atoms with E-state index in [0.717, 1.165) is 6.54 Å². The Morgan fingerprint density at radius 2 is 1.91 bits per heavy atom. The molecule has 0 heterocycles. The van der Waals surface area contributed by atoms with E-state index < -0.39 is 0 Å². The van der Waals surface area contributed by atoms with Crippen LogP contribution in [0.4, 0.5) is 0 Å². The van der Waals surface area contributed by atoms with Crippen LogP contribution >= 0.6 is 0 Å². The van der Waals surface area contributed by atoms with Gasteiger partial charge in [-0.05, 0) is 13.8 Å². The van der Waals surface area contributed by atoms with Gasteiger partial charge in [0.05, 0.1) is 14.1 Å². The number of nitrogens with one attached hydrogen (secondary N) is 1. The Labute approximate surface area is 68.3 Å². The number of hydrogen-bond donors (Lipinski definition) is 1. The lowest BCUT2D eigenvalue weighted by molar-refractivity contribution is -0.864. The maximum atomic E-state index is 10.6. The van der Waals surface area contributed by atoms with Gasteiger partial charge < -0.3 is 9.64 Å². The molecule has 0 radical (unpaired) electrons. The summed E-state index contributed by atoms with van der Waals surface area (Å²) >= 11 is 0. The van der Waals surface area contributed by atoms with E-state index in [-0.39, 0.29) is 11.6 Å². The van der Waals surface area contributed by atoms with Gasteiger partial charge in [0, 0.05) is 6.92 Å². The third kappa shape index (κ3) is 5.85. The molecule has 0 atom stereocenters. The van der Waals surface area contributed by atoms with Gasteiger partial charge in [0.2, 0.25) is 0 Å². The lowest BCUT2D eigenvalue weighted by atomic mass is 10.1. The maximum absolute atomic E-state index is 10.6. The first-order chi connectivity index (χ1) is 4.83. The predicted octanol–water partition coefficient (Wildman–Crippen LogP) is -0.527. The molecule has 0 spiro atoms. The number of likely N-dealkylation sites (N-methyl/N-ethyl adjacent to an activating group) is 1. The highest BCUT2D eigenvalue weighted by Gasteiger charge is 2.24. The van der Waals surface area contributed by atoms with Crippen LogP contribution in [-0.2, 0) is 9.53 Å². The zero-order valence-corrected chi connectivity index (χ0v) is 8.02. The summed E-state index contributed by atoms with van der Waals surface area (Å²) in [5.74, 6) is -0.212. The Morgan fingerprint density at radius 3 is 2.18 bits per heavy atom. The number of quaternary nitrogens is 1. The van der Waals surface area contributed by atoms with Crippen LogP contribution in [0, 0.1) is 0 Å². The minimum atomic E-state index is -0.343. The predicted molar refractivity (Wildman–Crippen MR) is 43.5 cm³/mol. The van der Waals surface area contributed by atoms with Crippen LogP contribution < -0.4 is 4.90 Å². The summed E-state index contributed by atoms with van der Waals surface area (Å²) in [7, 11) is 4.07. The molecular formula is C8H18NO2+. The second-order valence-corrected chi connectivity index (χ2v) is 3.74. The molecule has 0 unspecified atom stereocenters. The van der Waals surface area contributed by atoms with Gasteiger partial charge >= 0.3 is 5.97 Å². The molecule has 0 aliphatic heterocycles. The molecule has 0 bridgehead atoms. The first kappa shape index (κ1) is 10.4. The minimum Gasteiger partial charge on any atom is -0.454 e. The molecule has 0 fully saturated rings. The van der Waals surface area contributed by atoms with Gasteiger partial charge in [-0.1, -0.05) is 0 Å². The van der Waals surface area contributed by atoms with Crippen molar-refractivity contribution in [2.45, 2.75) is 26.4 Å². The van der Waals surface area contributed by atoms with Crippen LogP contribution in [0.5, 0.6) is 0 Å². The Bertz CT molecular complexity index is 141. The highest BCUT2D eigenvalue weighted by atomic mass is 16.6. The Kier molecular flexibility index (Phi) is 3.52. The first-order valence-electron chi connectivity index (χ1n) is 3.82. The third-order valence-corrected chi connectivity index (χ3v) is 1.20. The fraction of sp³-hybridized carbons (Fsp3) is 0.875.